The van der Waals surface area contributed by atoms with E-state index in [0.29, 0.717) is 28.4 Å². The molecule has 0 radical (unpaired) electrons. The summed E-state index contributed by atoms with van der Waals surface area (Å²) >= 11 is 0. The fourth-order valence-electron chi connectivity index (χ4n) is 3.66. The highest BCUT2D eigenvalue weighted by Crippen LogP contribution is 2.50. The Morgan fingerprint density at radius 3 is 1.64 bits per heavy atom. The molecule has 1 heterocycles. The maximum Gasteiger partial charge on any atom is 0.347 e. The van der Waals surface area contributed by atoms with Crippen LogP contribution < -0.4 is 9.47 Å². The van der Waals surface area contributed by atoms with E-state index in [1.165, 1.54) is 0 Å². The smallest absolute Gasteiger partial charge is 0.347 e. The monoisotopic (exact) mass is 456 g/mol. The van der Waals surface area contributed by atoms with E-state index in [-0.39, 0.29) is 11.3 Å². The van der Waals surface area contributed by atoms with Gasteiger partial charge in [0.25, 0.3) is 0 Å². The number of rotatable bonds is 1. The number of esters is 1. The van der Waals surface area contributed by atoms with Crippen LogP contribution in [0, 0.1) is 41.5 Å². The van der Waals surface area contributed by atoms with Gasteiger partial charge in [0, 0.05) is 11.1 Å². The normalized spacial score (nSPS) is 11.6. The summed E-state index contributed by atoms with van der Waals surface area (Å²) in [5, 5.41) is 10.4. The van der Waals surface area contributed by atoms with E-state index in [1.807, 2.05) is 89.2 Å². The summed E-state index contributed by atoms with van der Waals surface area (Å²) in [7, 11) is 0. The molecule has 0 aromatic heterocycles. The zero-order valence-corrected chi connectivity index (χ0v) is 23.2. The Kier molecular flexibility index (Phi) is 12.0. The van der Waals surface area contributed by atoms with Gasteiger partial charge in [-0.25, -0.2) is 4.79 Å². The molecule has 33 heavy (non-hydrogen) atoms. The predicted octanol–water partition coefficient (Wildman–Crippen LogP) is 9.07. The van der Waals surface area contributed by atoms with Gasteiger partial charge in [0.2, 0.25) is 0 Å². The van der Waals surface area contributed by atoms with Crippen LogP contribution in [0.25, 0.3) is 5.57 Å². The molecule has 2 aromatic carbocycles. The first kappa shape index (κ1) is 30.2. The van der Waals surface area contributed by atoms with E-state index >= 15 is 0 Å². The highest BCUT2D eigenvalue weighted by atomic mass is 16.6. The molecule has 0 bridgehead atoms. The van der Waals surface area contributed by atoms with E-state index in [2.05, 4.69) is 6.92 Å². The van der Waals surface area contributed by atoms with Crippen molar-refractivity contribution in [1.82, 2.24) is 0 Å². The maximum absolute atomic E-state index is 13.0. The molecule has 4 nitrogen and oxygen atoms in total. The molecule has 1 aliphatic heterocycles. The van der Waals surface area contributed by atoms with Crippen LogP contribution in [0.2, 0.25) is 0 Å². The number of allylic oxidation sites excluding steroid dienone is 2. The SMILES string of the molecule is C/C=C(\C)c1c(C)c(C)c(C)c2c1Oc1c(C)c(C)c(O)c(C)c1C(=O)O2.CC.CC.CC. The third-order valence-electron chi connectivity index (χ3n) is 5.92. The Morgan fingerprint density at radius 2 is 1.15 bits per heavy atom. The molecule has 0 fully saturated rings. The molecule has 0 aliphatic carbocycles. The number of fused-ring (bicyclic) bond motifs is 2. The number of ether oxygens (including phenoxy) is 2. The molecule has 0 unspecified atom stereocenters. The molecule has 1 N–H and O–H groups in total. The quantitative estimate of drug-likeness (QED) is 0.343. The standard InChI is InChI=1S/C23H26O4.3C2H6/c1-9-10(2)17-12(4)11(3)14(6)21-22(17)26-20-15(7)13(5)19(24)16(8)18(20)23(25)27-21;3*1-2/h9,24H,1-8H3;3*1-2H3/b10-9+;;;. The largest absolute Gasteiger partial charge is 0.507 e. The summed E-state index contributed by atoms with van der Waals surface area (Å²) in [4.78, 5) is 13.0. The Hall–Kier alpha value is -2.75. The minimum absolute atomic E-state index is 0.103. The van der Waals surface area contributed by atoms with Crippen LogP contribution in [-0.2, 0) is 0 Å². The minimum atomic E-state index is -0.505. The lowest BCUT2D eigenvalue weighted by atomic mass is 9.92. The number of aromatic hydroxyl groups is 1. The van der Waals surface area contributed by atoms with Crippen LogP contribution in [0.1, 0.15) is 105 Å². The highest BCUT2D eigenvalue weighted by molar-refractivity contribution is 5.99. The van der Waals surface area contributed by atoms with Gasteiger partial charge in [-0.1, -0.05) is 47.6 Å². The van der Waals surface area contributed by atoms with Gasteiger partial charge in [-0.3, -0.25) is 0 Å². The van der Waals surface area contributed by atoms with Gasteiger partial charge in [0.15, 0.2) is 11.5 Å². The van der Waals surface area contributed by atoms with Gasteiger partial charge in [0.1, 0.15) is 17.1 Å². The van der Waals surface area contributed by atoms with Crippen molar-refractivity contribution in [3.8, 4) is 23.0 Å². The maximum atomic E-state index is 13.0. The summed E-state index contributed by atoms with van der Waals surface area (Å²) in [6.07, 6.45) is 2.02. The van der Waals surface area contributed by atoms with Crippen molar-refractivity contribution in [1.29, 1.82) is 0 Å². The van der Waals surface area contributed by atoms with E-state index < -0.39 is 5.97 Å². The molecule has 0 amide bonds. The summed E-state index contributed by atoms with van der Waals surface area (Å²) in [6, 6.07) is 0. The van der Waals surface area contributed by atoms with E-state index in [0.717, 1.165) is 33.4 Å². The van der Waals surface area contributed by atoms with Gasteiger partial charge in [-0.2, -0.15) is 0 Å². The Labute approximate surface area is 201 Å². The zero-order chi connectivity index (χ0) is 26.2. The molecule has 2 aromatic rings. The third-order valence-corrected chi connectivity index (χ3v) is 5.92. The lowest BCUT2D eigenvalue weighted by Crippen LogP contribution is -2.11. The van der Waals surface area contributed by atoms with Gasteiger partial charge >= 0.3 is 5.97 Å². The number of carbonyl (C=O) groups excluding carboxylic acids is 1. The number of carbonyl (C=O) groups is 1. The fraction of sp³-hybridized carbons (Fsp3) is 0.483. The molecule has 4 heteroatoms. The van der Waals surface area contributed by atoms with Crippen LogP contribution in [0.5, 0.6) is 23.0 Å². The number of phenols is 1. The lowest BCUT2D eigenvalue weighted by molar-refractivity contribution is 0.0735. The molecular weight excluding hydrogens is 412 g/mol. The Morgan fingerprint density at radius 1 is 0.667 bits per heavy atom. The van der Waals surface area contributed by atoms with Gasteiger partial charge in [-0.15, -0.1) is 0 Å². The molecule has 0 atom stereocenters. The van der Waals surface area contributed by atoms with E-state index in [1.54, 1.807) is 6.92 Å². The Bertz CT molecular complexity index is 1030. The average Bonchev–Trinajstić information content (AvgIpc) is 3.00. The average molecular weight is 457 g/mol. The van der Waals surface area contributed by atoms with Gasteiger partial charge in [-0.05, 0) is 88.8 Å². The number of benzene rings is 2. The first-order valence-corrected chi connectivity index (χ1v) is 12.1. The molecule has 0 spiro atoms. The summed E-state index contributed by atoms with van der Waals surface area (Å²) < 4.78 is 12.2. The van der Waals surface area contributed by atoms with Crippen LogP contribution in [0.15, 0.2) is 6.08 Å². The van der Waals surface area contributed by atoms with Crippen molar-refractivity contribution in [2.24, 2.45) is 0 Å². The zero-order valence-electron chi connectivity index (χ0n) is 23.2. The van der Waals surface area contributed by atoms with Crippen LogP contribution in [0.3, 0.4) is 0 Å². The number of hydrogen-bond acceptors (Lipinski definition) is 4. The first-order valence-electron chi connectivity index (χ1n) is 12.1. The molecule has 0 saturated carbocycles. The fourth-order valence-corrected chi connectivity index (χ4v) is 3.66. The topological polar surface area (TPSA) is 55.8 Å². The molecule has 1 aliphatic rings. The lowest BCUT2D eigenvalue weighted by Gasteiger charge is -2.21. The van der Waals surface area contributed by atoms with E-state index in [9.17, 15) is 9.90 Å². The summed E-state index contributed by atoms with van der Waals surface area (Å²) in [5.41, 5.74) is 7.24. The van der Waals surface area contributed by atoms with Gasteiger partial charge < -0.3 is 14.6 Å². The second-order valence-electron chi connectivity index (χ2n) is 7.30. The van der Waals surface area contributed by atoms with Crippen molar-refractivity contribution >= 4 is 11.5 Å². The second kappa shape index (κ2) is 13.1. The van der Waals surface area contributed by atoms with Crippen molar-refractivity contribution < 1.29 is 19.4 Å². The first-order chi connectivity index (χ1) is 15.6. The van der Waals surface area contributed by atoms with Crippen molar-refractivity contribution in [3.05, 3.63) is 50.6 Å². The minimum Gasteiger partial charge on any atom is -0.507 e. The highest BCUT2D eigenvalue weighted by Gasteiger charge is 2.33. The predicted molar refractivity (Wildman–Crippen MR) is 141 cm³/mol. The van der Waals surface area contributed by atoms with Crippen LogP contribution in [-0.4, -0.2) is 11.1 Å². The van der Waals surface area contributed by atoms with Crippen molar-refractivity contribution in [3.63, 3.8) is 0 Å². The van der Waals surface area contributed by atoms with E-state index in [4.69, 9.17) is 9.47 Å². The summed E-state index contributed by atoms with van der Waals surface area (Å²) in [6.45, 7) is 27.4. The van der Waals surface area contributed by atoms with Crippen LogP contribution >= 0.6 is 0 Å². The van der Waals surface area contributed by atoms with Gasteiger partial charge in [0.05, 0.1) is 0 Å². The van der Waals surface area contributed by atoms with Crippen molar-refractivity contribution in [2.75, 3.05) is 0 Å². The Balaban J connectivity index is 0.00000158. The van der Waals surface area contributed by atoms with Crippen LogP contribution in [0.4, 0.5) is 0 Å². The molecule has 3 rings (SSSR count). The molecule has 184 valence electrons. The number of phenolic OH excluding ortho intramolecular Hbond substituents is 1. The summed E-state index contributed by atoms with van der Waals surface area (Å²) in [5.74, 6) is 1.07. The van der Waals surface area contributed by atoms with Crippen molar-refractivity contribution in [2.45, 2.75) is 96.9 Å². The molecule has 0 saturated heterocycles. The third kappa shape index (κ3) is 5.43. The second-order valence-corrected chi connectivity index (χ2v) is 7.30. The number of hydrogen-bond donors (Lipinski definition) is 1. The molecular formula is C29H44O4.